The molecule has 0 nitrogen and oxygen atoms in total. The first-order valence-corrected chi connectivity index (χ1v) is 4.71. The lowest BCUT2D eigenvalue weighted by Crippen LogP contribution is -1.88. The first kappa shape index (κ1) is 20.8. The molecule has 0 heteroatoms. The van der Waals surface area contributed by atoms with Crippen molar-refractivity contribution >= 4 is 5.57 Å². The van der Waals surface area contributed by atoms with Gasteiger partial charge in [0.15, 0.2) is 0 Å². The van der Waals surface area contributed by atoms with Crippen LogP contribution in [0.15, 0.2) is 60.7 Å². The summed E-state index contributed by atoms with van der Waals surface area (Å²) in [5.74, 6) is 0. The average molecular weight is 232 g/mol. The van der Waals surface area contributed by atoms with Gasteiger partial charge in [-0.1, -0.05) is 77.4 Å². The van der Waals surface area contributed by atoms with Crippen molar-refractivity contribution in [2.45, 2.75) is 36.1 Å². The lowest BCUT2D eigenvalue weighted by Gasteiger charge is -2.09. The highest BCUT2D eigenvalue weighted by atomic mass is 14.1. The molecule has 96 valence electrons. The third-order valence-electron chi connectivity index (χ3n) is 2.19. The third kappa shape index (κ3) is 5.35. The van der Waals surface area contributed by atoms with Gasteiger partial charge in [0.2, 0.25) is 0 Å². The van der Waals surface area contributed by atoms with E-state index in [2.05, 4.69) is 32.2 Å². The summed E-state index contributed by atoms with van der Waals surface area (Å²) in [7, 11) is 0. The maximum absolute atomic E-state index is 4.00. The first-order chi connectivity index (χ1) is 6.66. The molecule has 1 rings (SSSR count). The SMILES string of the molecule is C.C.C.C=C/C(C)=C(\C(=C)C)c1ccccc1. The first-order valence-electron chi connectivity index (χ1n) is 4.71. The summed E-state index contributed by atoms with van der Waals surface area (Å²) in [6, 6.07) is 10.3. The Hall–Kier alpha value is -1.56. The van der Waals surface area contributed by atoms with E-state index >= 15 is 0 Å². The molecule has 0 aromatic heterocycles. The van der Waals surface area contributed by atoms with Crippen LogP contribution in [0.1, 0.15) is 41.7 Å². The summed E-state index contributed by atoms with van der Waals surface area (Å²) in [5, 5.41) is 0. The van der Waals surface area contributed by atoms with E-state index in [1.165, 1.54) is 16.7 Å². The largest absolute Gasteiger partial charge is 0.0988 e. The van der Waals surface area contributed by atoms with E-state index in [1.807, 2.05) is 31.2 Å². The van der Waals surface area contributed by atoms with Crippen LogP contribution in [0, 0.1) is 0 Å². The molecule has 1 aromatic rings. The fraction of sp³-hybridized carbons (Fsp3) is 0.294. The lowest BCUT2D eigenvalue weighted by molar-refractivity contribution is 1.44. The molecule has 0 saturated heterocycles. The molecule has 0 spiro atoms. The van der Waals surface area contributed by atoms with Gasteiger partial charge in [0.1, 0.15) is 0 Å². The minimum atomic E-state index is 0. The third-order valence-corrected chi connectivity index (χ3v) is 2.19. The quantitative estimate of drug-likeness (QED) is 0.550. The maximum Gasteiger partial charge on any atom is -0.0132 e. The summed E-state index contributed by atoms with van der Waals surface area (Å²) in [6.45, 7) is 11.9. The maximum atomic E-state index is 4.00. The van der Waals surface area contributed by atoms with Crippen LogP contribution in [0.4, 0.5) is 0 Å². The number of rotatable bonds is 3. The normalized spacial score (nSPS) is 9.76. The number of allylic oxidation sites excluding steroid dienone is 4. The van der Waals surface area contributed by atoms with Gasteiger partial charge in [0.25, 0.3) is 0 Å². The van der Waals surface area contributed by atoms with Crippen molar-refractivity contribution in [3.63, 3.8) is 0 Å². The van der Waals surface area contributed by atoms with Crippen LogP contribution in [-0.2, 0) is 0 Å². The van der Waals surface area contributed by atoms with Crippen LogP contribution >= 0.6 is 0 Å². The van der Waals surface area contributed by atoms with Gasteiger partial charge < -0.3 is 0 Å². The monoisotopic (exact) mass is 232 g/mol. The minimum Gasteiger partial charge on any atom is -0.0988 e. The van der Waals surface area contributed by atoms with Gasteiger partial charge in [0.05, 0.1) is 0 Å². The Morgan fingerprint density at radius 2 is 1.47 bits per heavy atom. The fourth-order valence-corrected chi connectivity index (χ4v) is 1.52. The van der Waals surface area contributed by atoms with Crippen molar-refractivity contribution in [1.82, 2.24) is 0 Å². The van der Waals surface area contributed by atoms with Gasteiger partial charge >= 0.3 is 0 Å². The Bertz CT molecular complexity index is 366. The lowest BCUT2D eigenvalue weighted by atomic mass is 9.95. The van der Waals surface area contributed by atoms with Crippen molar-refractivity contribution in [3.05, 3.63) is 66.3 Å². The summed E-state index contributed by atoms with van der Waals surface area (Å²) in [4.78, 5) is 0. The Labute approximate surface area is 108 Å². The smallest absolute Gasteiger partial charge is 0.0132 e. The van der Waals surface area contributed by atoms with Crippen LogP contribution in [0.25, 0.3) is 5.57 Å². The molecule has 17 heavy (non-hydrogen) atoms. The molecule has 0 fully saturated rings. The second-order valence-corrected chi connectivity index (χ2v) is 3.41. The molecule has 0 N–H and O–H groups in total. The molecular weight excluding hydrogens is 204 g/mol. The summed E-state index contributed by atoms with van der Waals surface area (Å²) >= 11 is 0. The number of benzene rings is 1. The van der Waals surface area contributed by atoms with Crippen molar-refractivity contribution < 1.29 is 0 Å². The van der Waals surface area contributed by atoms with Crippen molar-refractivity contribution in [1.29, 1.82) is 0 Å². The fourth-order valence-electron chi connectivity index (χ4n) is 1.52. The van der Waals surface area contributed by atoms with Gasteiger partial charge in [-0.25, -0.2) is 0 Å². The predicted molar refractivity (Wildman–Crippen MR) is 84.2 cm³/mol. The van der Waals surface area contributed by atoms with Gasteiger partial charge in [-0.15, -0.1) is 0 Å². The number of hydrogen-bond acceptors (Lipinski definition) is 0. The van der Waals surface area contributed by atoms with E-state index in [4.69, 9.17) is 0 Å². The summed E-state index contributed by atoms with van der Waals surface area (Å²) < 4.78 is 0. The molecule has 1 aromatic carbocycles. The average Bonchev–Trinajstić information content (AvgIpc) is 2.19. The topological polar surface area (TPSA) is 0 Å². The second kappa shape index (κ2) is 9.65. The van der Waals surface area contributed by atoms with Crippen LogP contribution in [0.3, 0.4) is 0 Å². The van der Waals surface area contributed by atoms with Gasteiger partial charge in [-0.05, 0) is 30.6 Å². The zero-order valence-corrected chi connectivity index (χ0v) is 8.88. The standard InChI is InChI=1S/C14H16.3CH4/c1-5-12(4)14(11(2)3)13-9-7-6-8-10-13;;;/h5-10H,1-2H2,3-4H3;3*1H4/b14-12+;;;. The summed E-state index contributed by atoms with van der Waals surface area (Å²) in [6.07, 6.45) is 1.87. The molecular formula is C17H28. The van der Waals surface area contributed by atoms with E-state index in [0.717, 1.165) is 5.57 Å². The van der Waals surface area contributed by atoms with E-state index < -0.39 is 0 Å². The zero-order chi connectivity index (χ0) is 10.6. The van der Waals surface area contributed by atoms with Crippen molar-refractivity contribution in [2.24, 2.45) is 0 Å². The molecule has 0 amide bonds. The van der Waals surface area contributed by atoms with E-state index in [-0.39, 0.29) is 22.3 Å². The molecule has 0 heterocycles. The van der Waals surface area contributed by atoms with Gasteiger partial charge in [-0.3, -0.25) is 0 Å². The summed E-state index contributed by atoms with van der Waals surface area (Å²) in [5.41, 5.74) is 4.65. The van der Waals surface area contributed by atoms with Crippen molar-refractivity contribution in [2.75, 3.05) is 0 Å². The molecule has 0 bridgehead atoms. The Kier molecular flexibility index (Phi) is 11.8. The van der Waals surface area contributed by atoms with Crippen LogP contribution in [0.2, 0.25) is 0 Å². The second-order valence-electron chi connectivity index (χ2n) is 3.41. The van der Waals surface area contributed by atoms with Crippen molar-refractivity contribution in [3.8, 4) is 0 Å². The molecule has 0 unspecified atom stereocenters. The highest BCUT2D eigenvalue weighted by Gasteiger charge is 2.03. The molecule has 0 aliphatic rings. The van der Waals surface area contributed by atoms with E-state index in [0.29, 0.717) is 0 Å². The predicted octanol–water partition coefficient (Wildman–Crippen LogP) is 6.13. The van der Waals surface area contributed by atoms with Gasteiger partial charge in [0, 0.05) is 0 Å². The van der Waals surface area contributed by atoms with E-state index in [1.54, 1.807) is 0 Å². The van der Waals surface area contributed by atoms with E-state index in [9.17, 15) is 0 Å². The minimum absolute atomic E-state index is 0. The highest BCUT2D eigenvalue weighted by molar-refractivity contribution is 5.81. The number of hydrogen-bond donors (Lipinski definition) is 0. The highest BCUT2D eigenvalue weighted by Crippen LogP contribution is 2.25. The Morgan fingerprint density at radius 3 is 1.82 bits per heavy atom. The van der Waals surface area contributed by atoms with Gasteiger partial charge in [-0.2, -0.15) is 0 Å². The molecule has 0 atom stereocenters. The van der Waals surface area contributed by atoms with Crippen LogP contribution in [-0.4, -0.2) is 0 Å². The molecule has 0 saturated carbocycles. The molecule has 0 radical (unpaired) electrons. The molecule has 0 aliphatic heterocycles. The Balaban J connectivity index is -0.000000653. The van der Waals surface area contributed by atoms with Crippen LogP contribution < -0.4 is 0 Å². The van der Waals surface area contributed by atoms with Crippen LogP contribution in [0.5, 0.6) is 0 Å². The Morgan fingerprint density at radius 1 is 1.00 bits per heavy atom. The zero-order valence-electron chi connectivity index (χ0n) is 8.88. The molecule has 0 aliphatic carbocycles.